The molecule has 0 radical (unpaired) electrons. The summed E-state index contributed by atoms with van der Waals surface area (Å²) in [5, 5.41) is 7.31. The van der Waals surface area contributed by atoms with Crippen molar-refractivity contribution in [1.29, 1.82) is 0 Å². The summed E-state index contributed by atoms with van der Waals surface area (Å²) in [4.78, 5) is 25.1. The predicted octanol–water partition coefficient (Wildman–Crippen LogP) is 2.29. The molecule has 14 heteroatoms. The molecule has 4 N–H and O–H groups in total. The van der Waals surface area contributed by atoms with E-state index in [1.807, 2.05) is 0 Å². The van der Waals surface area contributed by atoms with Crippen LogP contribution in [0.2, 0.25) is 5.15 Å². The molecule has 2 fully saturated rings. The topological polar surface area (TPSA) is 153 Å². The quantitative estimate of drug-likeness (QED) is 0.562. The second-order valence-electron chi connectivity index (χ2n) is 7.34. The van der Waals surface area contributed by atoms with E-state index >= 15 is 0 Å². The minimum Gasteiger partial charge on any atom is -0.475 e. The van der Waals surface area contributed by atoms with Crippen molar-refractivity contribution in [1.82, 2.24) is 9.71 Å². The van der Waals surface area contributed by atoms with Crippen LogP contribution in [0.1, 0.15) is 19.3 Å². The highest BCUT2D eigenvalue weighted by molar-refractivity contribution is 7.89. The molecule has 31 heavy (non-hydrogen) atoms. The molecule has 1 amide bonds. The summed E-state index contributed by atoms with van der Waals surface area (Å²) in [5.41, 5.74) is 6.22. The number of aromatic nitrogens is 1. The standard InChI is InChI=1S/C15H16ClN3O4S.C2HF3O2/c16-14-10-6-13(23-12(10)1-2-18-14)24(21,22)19-15(20)8-3-7-5-11(17)9(7)4-8;3-2(4,5)1(6)7/h1-2,6-9,11H,3-5,17H2,(H,19,20);(H,6,7). The second-order valence-corrected chi connectivity index (χ2v) is 9.31. The fourth-order valence-electron chi connectivity index (χ4n) is 3.80. The van der Waals surface area contributed by atoms with E-state index in [1.54, 1.807) is 0 Å². The summed E-state index contributed by atoms with van der Waals surface area (Å²) in [5.74, 6) is -2.80. The minimum absolute atomic E-state index is 0.134. The zero-order valence-corrected chi connectivity index (χ0v) is 17.2. The van der Waals surface area contributed by atoms with Crippen molar-refractivity contribution < 1.29 is 40.7 Å². The smallest absolute Gasteiger partial charge is 0.475 e. The number of rotatable bonds is 3. The number of carbonyl (C=O) groups excluding carboxylic acids is 1. The molecule has 2 aliphatic rings. The molecule has 4 rings (SSSR count). The van der Waals surface area contributed by atoms with Gasteiger partial charge in [0.15, 0.2) is 0 Å². The van der Waals surface area contributed by atoms with Gasteiger partial charge in [0.1, 0.15) is 10.7 Å². The Labute approximate surface area is 178 Å². The maximum Gasteiger partial charge on any atom is 0.490 e. The summed E-state index contributed by atoms with van der Waals surface area (Å²) in [6.07, 6.45) is -1.42. The predicted molar refractivity (Wildman–Crippen MR) is 100 cm³/mol. The molecule has 2 aromatic heterocycles. The number of nitrogens with zero attached hydrogens (tertiary/aromatic N) is 1. The Bertz CT molecular complexity index is 1120. The number of halogens is 4. The number of alkyl halides is 3. The van der Waals surface area contributed by atoms with Gasteiger partial charge in [-0.05, 0) is 37.2 Å². The molecule has 170 valence electrons. The van der Waals surface area contributed by atoms with Crippen LogP contribution in [0.25, 0.3) is 11.0 Å². The largest absolute Gasteiger partial charge is 0.490 e. The summed E-state index contributed by atoms with van der Waals surface area (Å²) in [7, 11) is -4.09. The maximum atomic E-state index is 12.4. The lowest BCUT2D eigenvalue weighted by molar-refractivity contribution is -0.192. The molecule has 0 aromatic carbocycles. The van der Waals surface area contributed by atoms with Gasteiger partial charge in [0.2, 0.25) is 11.0 Å². The number of pyridine rings is 1. The summed E-state index contributed by atoms with van der Waals surface area (Å²) >= 11 is 5.92. The SMILES string of the molecule is NC1CC2CC(C(=O)NS(=O)(=O)c3cc4c(Cl)nccc4o3)CC12.O=C(O)C(F)(F)F. The molecule has 0 aliphatic heterocycles. The summed E-state index contributed by atoms with van der Waals surface area (Å²) in [6, 6.07) is 2.92. The molecule has 2 aliphatic carbocycles. The number of furan rings is 1. The van der Waals surface area contributed by atoms with Gasteiger partial charge in [0, 0.05) is 24.2 Å². The van der Waals surface area contributed by atoms with Crippen molar-refractivity contribution in [3.8, 4) is 0 Å². The van der Waals surface area contributed by atoms with Crippen LogP contribution in [0.4, 0.5) is 13.2 Å². The fourth-order valence-corrected chi connectivity index (χ4v) is 5.01. The van der Waals surface area contributed by atoms with E-state index in [4.69, 9.17) is 31.7 Å². The molecule has 0 saturated heterocycles. The third-order valence-corrected chi connectivity index (χ3v) is 6.86. The first kappa shape index (κ1) is 23.3. The van der Waals surface area contributed by atoms with Gasteiger partial charge in [-0.1, -0.05) is 11.6 Å². The number of aliphatic carboxylic acids is 1. The van der Waals surface area contributed by atoms with Crippen LogP contribution in [0.15, 0.2) is 27.8 Å². The highest BCUT2D eigenvalue weighted by Gasteiger charge is 2.48. The maximum absolute atomic E-state index is 12.4. The second kappa shape index (κ2) is 8.28. The van der Waals surface area contributed by atoms with Gasteiger partial charge in [0.05, 0.1) is 5.39 Å². The number of hydrogen-bond acceptors (Lipinski definition) is 7. The summed E-state index contributed by atoms with van der Waals surface area (Å²) < 4.78 is 64.0. The number of hydrogen-bond donors (Lipinski definition) is 3. The van der Waals surface area contributed by atoms with Gasteiger partial charge in [-0.15, -0.1) is 0 Å². The lowest BCUT2D eigenvalue weighted by Gasteiger charge is -2.37. The van der Waals surface area contributed by atoms with Crippen LogP contribution in [-0.2, 0) is 19.6 Å². The minimum atomic E-state index is -5.08. The lowest BCUT2D eigenvalue weighted by atomic mass is 9.72. The number of carboxylic acids is 1. The Hall–Kier alpha value is -2.38. The zero-order chi connectivity index (χ0) is 23.1. The van der Waals surface area contributed by atoms with E-state index in [-0.39, 0.29) is 22.2 Å². The van der Waals surface area contributed by atoms with Crippen molar-refractivity contribution in [2.24, 2.45) is 23.5 Å². The van der Waals surface area contributed by atoms with Gasteiger partial charge in [-0.25, -0.2) is 14.5 Å². The monoisotopic (exact) mass is 483 g/mol. The van der Waals surface area contributed by atoms with Crippen molar-refractivity contribution in [3.05, 3.63) is 23.5 Å². The van der Waals surface area contributed by atoms with Crippen LogP contribution in [-0.4, -0.2) is 42.6 Å². The van der Waals surface area contributed by atoms with E-state index in [1.165, 1.54) is 18.3 Å². The highest BCUT2D eigenvalue weighted by Crippen LogP contribution is 2.48. The molecule has 2 heterocycles. The van der Waals surface area contributed by atoms with E-state index in [2.05, 4.69) is 9.71 Å². The molecule has 0 spiro atoms. The molecule has 0 bridgehead atoms. The van der Waals surface area contributed by atoms with Crippen LogP contribution in [0, 0.1) is 17.8 Å². The zero-order valence-electron chi connectivity index (χ0n) is 15.6. The third-order valence-electron chi connectivity index (χ3n) is 5.36. The first-order chi connectivity index (χ1) is 14.3. The van der Waals surface area contributed by atoms with Gasteiger partial charge in [-0.2, -0.15) is 21.6 Å². The van der Waals surface area contributed by atoms with Gasteiger partial charge in [0.25, 0.3) is 10.0 Å². The van der Waals surface area contributed by atoms with E-state index in [0.29, 0.717) is 35.6 Å². The van der Waals surface area contributed by atoms with Gasteiger partial charge >= 0.3 is 12.1 Å². The number of sulfonamides is 1. The van der Waals surface area contributed by atoms with E-state index in [0.717, 1.165) is 6.42 Å². The Morgan fingerprint density at radius 3 is 2.45 bits per heavy atom. The number of amides is 1. The Morgan fingerprint density at radius 2 is 1.94 bits per heavy atom. The van der Waals surface area contributed by atoms with Gasteiger partial charge < -0.3 is 15.3 Å². The molecule has 4 atom stereocenters. The normalized spacial score (nSPS) is 25.2. The molecule has 2 saturated carbocycles. The molecule has 4 unspecified atom stereocenters. The Balaban J connectivity index is 0.000000339. The van der Waals surface area contributed by atoms with E-state index < -0.39 is 28.1 Å². The third kappa shape index (κ3) is 4.93. The van der Waals surface area contributed by atoms with Crippen LogP contribution in [0.5, 0.6) is 0 Å². The average molecular weight is 484 g/mol. The molecular weight excluding hydrogens is 467 g/mol. The van der Waals surface area contributed by atoms with E-state index in [9.17, 15) is 26.4 Å². The number of nitrogens with one attached hydrogen (secondary N) is 1. The number of fused-ring (bicyclic) bond motifs is 2. The van der Waals surface area contributed by atoms with Crippen molar-refractivity contribution >= 4 is 44.5 Å². The number of nitrogens with two attached hydrogens (primary N) is 1. The van der Waals surface area contributed by atoms with Crippen LogP contribution in [0.3, 0.4) is 0 Å². The first-order valence-corrected chi connectivity index (χ1v) is 10.8. The van der Waals surface area contributed by atoms with Gasteiger partial charge in [-0.3, -0.25) is 4.79 Å². The van der Waals surface area contributed by atoms with Crippen LogP contribution < -0.4 is 10.5 Å². The van der Waals surface area contributed by atoms with Crippen molar-refractivity contribution in [3.63, 3.8) is 0 Å². The fraction of sp³-hybridized carbons (Fsp3) is 0.471. The lowest BCUT2D eigenvalue weighted by Crippen LogP contribution is -2.44. The first-order valence-electron chi connectivity index (χ1n) is 8.96. The summed E-state index contributed by atoms with van der Waals surface area (Å²) in [6.45, 7) is 0. The number of carboxylic acid groups (broad SMARTS) is 1. The molecular formula is C17H17ClF3N3O6S. The molecule has 2 aromatic rings. The Kier molecular flexibility index (Phi) is 6.22. The highest BCUT2D eigenvalue weighted by atomic mass is 35.5. The van der Waals surface area contributed by atoms with Crippen molar-refractivity contribution in [2.45, 2.75) is 36.6 Å². The number of carbonyl (C=O) groups is 2. The van der Waals surface area contributed by atoms with Crippen LogP contribution >= 0.6 is 11.6 Å². The Morgan fingerprint density at radius 1 is 1.29 bits per heavy atom. The molecule has 9 nitrogen and oxygen atoms in total. The average Bonchev–Trinajstić information content (AvgIpc) is 3.23. The van der Waals surface area contributed by atoms with Crippen molar-refractivity contribution in [2.75, 3.05) is 0 Å².